The summed E-state index contributed by atoms with van der Waals surface area (Å²) in [6.07, 6.45) is 2.18. The van der Waals surface area contributed by atoms with E-state index in [1.807, 2.05) is 43.3 Å². The van der Waals surface area contributed by atoms with Gasteiger partial charge in [-0.3, -0.25) is 15.5 Å². The highest BCUT2D eigenvalue weighted by Gasteiger charge is 2.18. The van der Waals surface area contributed by atoms with Crippen molar-refractivity contribution in [3.8, 4) is 0 Å². The Hall–Kier alpha value is -3.13. The van der Waals surface area contributed by atoms with E-state index in [0.29, 0.717) is 13.0 Å². The van der Waals surface area contributed by atoms with Gasteiger partial charge < -0.3 is 10.6 Å². The molecule has 7 nitrogen and oxygen atoms in total. The lowest BCUT2D eigenvalue weighted by Gasteiger charge is -2.19. The maximum absolute atomic E-state index is 12.3. The molecule has 0 heterocycles. The molecule has 0 saturated heterocycles. The molecule has 0 aliphatic rings. The molecule has 0 saturated carbocycles. The second-order valence-corrected chi connectivity index (χ2v) is 6.89. The Bertz CT molecular complexity index is 838. The van der Waals surface area contributed by atoms with Gasteiger partial charge in [0, 0.05) is 18.7 Å². The molecule has 28 heavy (non-hydrogen) atoms. The lowest BCUT2D eigenvalue weighted by molar-refractivity contribution is -0.384. The molecular weight excluding hydrogens is 376 g/mol. The summed E-state index contributed by atoms with van der Waals surface area (Å²) in [4.78, 5) is 22.6. The quantitative estimate of drug-likeness (QED) is 0.267. The van der Waals surface area contributed by atoms with Crippen molar-refractivity contribution in [2.75, 3.05) is 0 Å². The van der Waals surface area contributed by atoms with Crippen LogP contribution in [0.1, 0.15) is 18.1 Å². The molecule has 0 aliphatic carbocycles. The highest BCUT2D eigenvalue weighted by Crippen LogP contribution is 2.16. The fourth-order valence-electron chi connectivity index (χ4n) is 2.41. The third kappa shape index (κ3) is 6.88. The van der Waals surface area contributed by atoms with E-state index in [1.165, 1.54) is 23.9 Å². The predicted molar refractivity (Wildman–Crippen MR) is 113 cm³/mol. The number of nitrogens with one attached hydrogen (secondary N) is 3. The monoisotopic (exact) mass is 398 g/mol. The van der Waals surface area contributed by atoms with Crippen LogP contribution in [0.4, 0.5) is 10.5 Å². The normalized spacial score (nSPS) is 11.8. The highest BCUT2D eigenvalue weighted by molar-refractivity contribution is 8.16. The zero-order valence-corrected chi connectivity index (χ0v) is 16.2. The van der Waals surface area contributed by atoms with Gasteiger partial charge in [0.25, 0.3) is 5.69 Å². The van der Waals surface area contributed by atoms with E-state index in [0.717, 1.165) is 11.1 Å². The number of amides is 2. The van der Waals surface area contributed by atoms with Crippen molar-refractivity contribution in [2.45, 2.75) is 25.9 Å². The van der Waals surface area contributed by atoms with E-state index >= 15 is 0 Å². The standard InChI is InChI=1S/C20H22N4O3S/c1-2-12-28-19(21)18(13-15-8-10-17(11-9-15)24(26)27)23-20(25)22-14-16-6-4-3-5-7-16/h2-12,18,21H,13-14H2,1H3,(H2,22,23,25)/b12-2+,21-19?/t18-/m0/s1. The molecule has 2 aromatic rings. The van der Waals surface area contributed by atoms with Crippen LogP contribution in [0.25, 0.3) is 0 Å². The van der Waals surface area contributed by atoms with E-state index in [2.05, 4.69) is 10.6 Å². The Morgan fingerprint density at radius 1 is 1.18 bits per heavy atom. The minimum absolute atomic E-state index is 0.00670. The first-order chi connectivity index (χ1) is 13.5. The summed E-state index contributed by atoms with van der Waals surface area (Å²) in [6.45, 7) is 2.23. The number of nitrogens with zero attached hydrogens (tertiary/aromatic N) is 1. The Morgan fingerprint density at radius 2 is 1.86 bits per heavy atom. The van der Waals surface area contributed by atoms with Crippen molar-refractivity contribution in [1.29, 1.82) is 5.41 Å². The molecule has 2 rings (SSSR count). The molecule has 0 bridgehead atoms. The molecule has 0 aromatic heterocycles. The van der Waals surface area contributed by atoms with Crippen LogP contribution in [0, 0.1) is 15.5 Å². The first-order valence-corrected chi connectivity index (χ1v) is 9.55. The lowest BCUT2D eigenvalue weighted by Crippen LogP contribution is -2.45. The Kier molecular flexibility index (Phi) is 8.23. The van der Waals surface area contributed by atoms with Crippen molar-refractivity contribution >= 4 is 28.5 Å². The van der Waals surface area contributed by atoms with Crippen LogP contribution in [0.3, 0.4) is 0 Å². The number of rotatable bonds is 8. The van der Waals surface area contributed by atoms with Crippen LogP contribution >= 0.6 is 11.8 Å². The minimum Gasteiger partial charge on any atom is -0.334 e. The van der Waals surface area contributed by atoms with E-state index < -0.39 is 11.0 Å². The molecule has 1 atom stereocenters. The average Bonchev–Trinajstić information content (AvgIpc) is 2.71. The van der Waals surface area contributed by atoms with Crippen molar-refractivity contribution in [3.05, 3.63) is 87.3 Å². The molecule has 0 radical (unpaired) electrons. The van der Waals surface area contributed by atoms with Crippen molar-refractivity contribution in [2.24, 2.45) is 0 Å². The van der Waals surface area contributed by atoms with Gasteiger partial charge >= 0.3 is 6.03 Å². The van der Waals surface area contributed by atoms with E-state index in [4.69, 9.17) is 5.41 Å². The maximum atomic E-state index is 12.3. The maximum Gasteiger partial charge on any atom is 0.315 e. The van der Waals surface area contributed by atoms with Crippen LogP contribution in [-0.4, -0.2) is 22.0 Å². The summed E-state index contributed by atoms with van der Waals surface area (Å²) in [5, 5.41) is 26.7. The number of hydrogen-bond acceptors (Lipinski definition) is 5. The minimum atomic E-state index is -0.543. The molecule has 3 N–H and O–H groups in total. The van der Waals surface area contributed by atoms with Crippen LogP contribution in [0.2, 0.25) is 0 Å². The molecule has 2 amide bonds. The fraction of sp³-hybridized carbons (Fsp3) is 0.200. The van der Waals surface area contributed by atoms with Crippen LogP contribution in [0.15, 0.2) is 66.1 Å². The number of benzene rings is 2. The van der Waals surface area contributed by atoms with E-state index in [1.54, 1.807) is 17.5 Å². The zero-order valence-electron chi connectivity index (χ0n) is 15.4. The number of allylic oxidation sites excluding steroid dienone is 1. The van der Waals surface area contributed by atoms with Gasteiger partial charge in [0.2, 0.25) is 0 Å². The van der Waals surface area contributed by atoms with Crippen LogP contribution in [-0.2, 0) is 13.0 Å². The smallest absolute Gasteiger partial charge is 0.315 e. The first-order valence-electron chi connectivity index (χ1n) is 8.67. The summed E-state index contributed by atoms with van der Waals surface area (Å²) >= 11 is 1.22. The molecule has 2 aromatic carbocycles. The van der Waals surface area contributed by atoms with Gasteiger partial charge in [0.1, 0.15) is 0 Å². The van der Waals surface area contributed by atoms with Gasteiger partial charge in [-0.05, 0) is 29.9 Å². The predicted octanol–water partition coefficient (Wildman–Crippen LogP) is 4.25. The molecular formula is C20H22N4O3S. The van der Waals surface area contributed by atoms with Crippen molar-refractivity contribution < 1.29 is 9.72 Å². The number of thioether (sulfide) groups is 1. The first kappa shape index (κ1) is 21.2. The summed E-state index contributed by atoms with van der Waals surface area (Å²) in [6, 6.07) is 14.7. The Balaban J connectivity index is 2.02. The SMILES string of the molecule is C/C=C/SC(=N)[C@H](Cc1ccc([N+](=O)[O-])cc1)NC(=O)NCc1ccccc1. The van der Waals surface area contributed by atoms with Crippen molar-refractivity contribution in [1.82, 2.24) is 10.6 Å². The second kappa shape index (κ2) is 10.9. The summed E-state index contributed by atoms with van der Waals surface area (Å²) in [7, 11) is 0. The lowest BCUT2D eigenvalue weighted by atomic mass is 10.1. The zero-order chi connectivity index (χ0) is 20.4. The largest absolute Gasteiger partial charge is 0.334 e. The van der Waals surface area contributed by atoms with E-state index in [-0.39, 0.29) is 16.8 Å². The Labute approximate surface area is 167 Å². The van der Waals surface area contributed by atoms with Crippen LogP contribution < -0.4 is 10.6 Å². The number of non-ortho nitro benzene ring substituents is 1. The van der Waals surface area contributed by atoms with Crippen LogP contribution in [0.5, 0.6) is 0 Å². The number of nitro groups is 1. The fourth-order valence-corrected chi connectivity index (χ4v) is 3.00. The van der Waals surface area contributed by atoms with Gasteiger partial charge in [-0.25, -0.2) is 4.79 Å². The summed E-state index contributed by atoms with van der Waals surface area (Å²) < 4.78 is 0. The topological polar surface area (TPSA) is 108 Å². The van der Waals surface area contributed by atoms with Gasteiger partial charge in [0.05, 0.1) is 16.0 Å². The van der Waals surface area contributed by atoms with Gasteiger partial charge in [-0.2, -0.15) is 0 Å². The second-order valence-electron chi connectivity index (χ2n) is 5.94. The Morgan fingerprint density at radius 3 is 2.46 bits per heavy atom. The molecule has 146 valence electrons. The molecule has 8 heteroatoms. The van der Waals surface area contributed by atoms with Gasteiger partial charge in [-0.15, -0.1) is 0 Å². The van der Waals surface area contributed by atoms with Gasteiger partial charge in [0.15, 0.2) is 0 Å². The number of carbonyl (C=O) groups is 1. The number of carbonyl (C=O) groups excluding carboxylic acids is 1. The third-order valence-corrected chi connectivity index (χ3v) is 4.78. The van der Waals surface area contributed by atoms with Gasteiger partial charge in [-0.1, -0.05) is 60.3 Å². The summed E-state index contributed by atoms with van der Waals surface area (Å²) in [5.74, 6) is 0. The average molecular weight is 398 g/mol. The third-order valence-electron chi connectivity index (χ3n) is 3.84. The van der Waals surface area contributed by atoms with Crippen molar-refractivity contribution in [3.63, 3.8) is 0 Å². The molecule has 0 fully saturated rings. The number of nitro benzene ring substituents is 1. The molecule has 0 aliphatic heterocycles. The molecule has 0 unspecified atom stereocenters. The highest BCUT2D eigenvalue weighted by atomic mass is 32.2. The van der Waals surface area contributed by atoms with E-state index in [9.17, 15) is 14.9 Å². The summed E-state index contributed by atoms with van der Waals surface area (Å²) in [5.41, 5.74) is 1.78. The molecule has 0 spiro atoms. The number of hydrogen-bond donors (Lipinski definition) is 3. The number of urea groups is 1.